The molecule has 146 valence electrons. The van der Waals surface area contributed by atoms with Gasteiger partial charge in [0.15, 0.2) is 0 Å². The second-order valence-corrected chi connectivity index (χ2v) is 6.27. The molecule has 2 aromatic rings. The van der Waals surface area contributed by atoms with Gasteiger partial charge in [0.25, 0.3) is 11.7 Å². The molecule has 0 aliphatic carbocycles. The van der Waals surface area contributed by atoms with Gasteiger partial charge in [-0.3, -0.25) is 9.59 Å². The van der Waals surface area contributed by atoms with Crippen LogP contribution in [0.1, 0.15) is 24.1 Å². The molecule has 3 rings (SSSR count). The van der Waals surface area contributed by atoms with Crippen LogP contribution in [0.5, 0.6) is 11.5 Å². The van der Waals surface area contributed by atoms with Crippen LogP contribution in [0.4, 0.5) is 0 Å². The Hall–Kier alpha value is -3.32. The number of hydrogen-bond acceptors (Lipinski definition) is 6. The number of aliphatic hydroxyl groups excluding tert-OH is 2. The Labute approximate surface area is 162 Å². The average Bonchev–Trinajstić information content (AvgIpc) is 2.94. The van der Waals surface area contributed by atoms with Gasteiger partial charge in [-0.25, -0.2) is 0 Å². The van der Waals surface area contributed by atoms with Crippen molar-refractivity contribution in [1.29, 1.82) is 0 Å². The van der Waals surface area contributed by atoms with Crippen LogP contribution in [0.25, 0.3) is 5.76 Å². The highest BCUT2D eigenvalue weighted by atomic mass is 16.5. The topological polar surface area (TPSA) is 107 Å². The minimum absolute atomic E-state index is 0.0341. The Morgan fingerprint density at radius 3 is 2.46 bits per heavy atom. The van der Waals surface area contributed by atoms with Crippen molar-refractivity contribution >= 4 is 17.4 Å². The summed E-state index contributed by atoms with van der Waals surface area (Å²) < 4.78 is 5.37. The van der Waals surface area contributed by atoms with E-state index in [1.165, 1.54) is 17.0 Å². The molecule has 1 aliphatic heterocycles. The molecular formula is C21H21NO6. The predicted molar refractivity (Wildman–Crippen MR) is 102 cm³/mol. The quantitative estimate of drug-likeness (QED) is 0.401. The van der Waals surface area contributed by atoms with Crippen LogP contribution in [0.3, 0.4) is 0 Å². The van der Waals surface area contributed by atoms with Gasteiger partial charge in [0, 0.05) is 12.1 Å². The number of ether oxygens (including phenoxy) is 1. The first-order chi connectivity index (χ1) is 13.5. The molecule has 1 heterocycles. The van der Waals surface area contributed by atoms with Crippen LogP contribution in [-0.2, 0) is 9.59 Å². The monoisotopic (exact) mass is 383 g/mol. The van der Waals surface area contributed by atoms with E-state index >= 15 is 0 Å². The third-order valence-corrected chi connectivity index (χ3v) is 4.51. The average molecular weight is 383 g/mol. The zero-order valence-electron chi connectivity index (χ0n) is 15.3. The van der Waals surface area contributed by atoms with Crippen molar-refractivity contribution in [3.8, 4) is 11.5 Å². The van der Waals surface area contributed by atoms with Gasteiger partial charge in [-0.15, -0.1) is 0 Å². The van der Waals surface area contributed by atoms with Crippen LogP contribution in [0, 0.1) is 0 Å². The number of carbonyl (C=O) groups excluding carboxylic acids is 2. The summed E-state index contributed by atoms with van der Waals surface area (Å²) in [4.78, 5) is 26.3. The second kappa shape index (κ2) is 8.14. The van der Waals surface area contributed by atoms with Crippen molar-refractivity contribution in [3.63, 3.8) is 0 Å². The number of hydrogen-bond donors (Lipinski definition) is 3. The number of likely N-dealkylation sites (tertiary alicyclic amines) is 1. The molecule has 1 fully saturated rings. The van der Waals surface area contributed by atoms with Gasteiger partial charge in [-0.05, 0) is 48.9 Å². The zero-order chi connectivity index (χ0) is 20.3. The van der Waals surface area contributed by atoms with Crippen LogP contribution in [0.15, 0.2) is 54.1 Å². The van der Waals surface area contributed by atoms with Crippen LogP contribution >= 0.6 is 0 Å². The number of rotatable bonds is 6. The Morgan fingerprint density at radius 2 is 1.86 bits per heavy atom. The molecule has 1 unspecified atom stereocenters. The van der Waals surface area contributed by atoms with Gasteiger partial charge in [-0.2, -0.15) is 0 Å². The van der Waals surface area contributed by atoms with E-state index in [0.29, 0.717) is 23.5 Å². The molecule has 0 radical (unpaired) electrons. The number of carbonyl (C=O) groups is 2. The minimum Gasteiger partial charge on any atom is -0.508 e. The van der Waals surface area contributed by atoms with Crippen molar-refractivity contribution in [2.24, 2.45) is 0 Å². The molecule has 1 saturated heterocycles. The highest BCUT2D eigenvalue weighted by Gasteiger charge is 2.45. The summed E-state index contributed by atoms with van der Waals surface area (Å²) >= 11 is 0. The first-order valence-corrected chi connectivity index (χ1v) is 8.89. The number of aliphatic hydroxyl groups is 2. The molecule has 7 nitrogen and oxygen atoms in total. The number of Topliss-reactive ketones (excluding diaryl/α,β-unsaturated/α-hetero) is 1. The normalized spacial score (nSPS) is 18.5. The van der Waals surface area contributed by atoms with E-state index in [2.05, 4.69) is 0 Å². The zero-order valence-corrected chi connectivity index (χ0v) is 15.3. The summed E-state index contributed by atoms with van der Waals surface area (Å²) in [6.45, 7) is 1.93. The third kappa shape index (κ3) is 3.57. The van der Waals surface area contributed by atoms with E-state index in [9.17, 15) is 24.9 Å². The van der Waals surface area contributed by atoms with E-state index in [4.69, 9.17) is 4.74 Å². The fraction of sp³-hybridized carbons (Fsp3) is 0.238. The molecule has 1 atom stereocenters. The Balaban J connectivity index is 2.12. The first-order valence-electron chi connectivity index (χ1n) is 8.89. The SMILES string of the molecule is CCOc1ccc(/C(O)=C2/C(=O)C(=O)N(CCO)C2c2cccc(O)c2)cc1. The van der Waals surface area contributed by atoms with Crippen LogP contribution in [-0.4, -0.2) is 51.7 Å². The summed E-state index contributed by atoms with van der Waals surface area (Å²) in [7, 11) is 0. The van der Waals surface area contributed by atoms with Gasteiger partial charge in [-0.1, -0.05) is 12.1 Å². The number of aromatic hydroxyl groups is 1. The number of nitrogens with zero attached hydrogens (tertiary/aromatic N) is 1. The van der Waals surface area contributed by atoms with E-state index in [1.807, 2.05) is 6.92 Å². The van der Waals surface area contributed by atoms with Crippen molar-refractivity contribution in [3.05, 3.63) is 65.2 Å². The maximum absolute atomic E-state index is 12.7. The minimum atomic E-state index is -0.911. The molecule has 1 aliphatic rings. The number of benzene rings is 2. The summed E-state index contributed by atoms with van der Waals surface area (Å²) in [5.41, 5.74) is 0.726. The van der Waals surface area contributed by atoms with Gasteiger partial charge in [0.1, 0.15) is 17.3 Å². The molecule has 0 aromatic heterocycles. The maximum Gasteiger partial charge on any atom is 0.295 e. The Morgan fingerprint density at radius 1 is 1.14 bits per heavy atom. The molecule has 3 N–H and O–H groups in total. The van der Waals surface area contributed by atoms with E-state index in [-0.39, 0.29) is 30.2 Å². The van der Waals surface area contributed by atoms with Crippen molar-refractivity contribution in [1.82, 2.24) is 4.90 Å². The lowest BCUT2D eigenvalue weighted by atomic mass is 9.95. The largest absolute Gasteiger partial charge is 0.508 e. The molecule has 2 aromatic carbocycles. The number of phenolic OH excluding ortho intramolecular Hbond substituents is 1. The van der Waals surface area contributed by atoms with Crippen molar-refractivity contribution in [2.45, 2.75) is 13.0 Å². The number of ketones is 1. The second-order valence-electron chi connectivity index (χ2n) is 6.27. The van der Waals surface area contributed by atoms with E-state index in [1.54, 1.807) is 36.4 Å². The predicted octanol–water partition coefficient (Wildman–Crippen LogP) is 2.20. The summed E-state index contributed by atoms with van der Waals surface area (Å²) in [5.74, 6) is -1.39. The smallest absolute Gasteiger partial charge is 0.295 e. The van der Waals surface area contributed by atoms with Crippen LogP contribution < -0.4 is 4.74 Å². The van der Waals surface area contributed by atoms with Crippen LogP contribution in [0.2, 0.25) is 0 Å². The molecular weight excluding hydrogens is 362 g/mol. The summed E-state index contributed by atoms with van der Waals surface area (Å²) in [6, 6.07) is 11.7. The van der Waals surface area contributed by atoms with Gasteiger partial charge in [0.05, 0.1) is 24.8 Å². The van der Waals surface area contributed by atoms with Gasteiger partial charge in [0.2, 0.25) is 0 Å². The standard InChI is InChI=1S/C21H21NO6/c1-2-28-16-8-6-13(7-9-16)19(25)17-18(14-4-3-5-15(24)12-14)22(10-11-23)21(27)20(17)26/h3-9,12,18,23-25H,2,10-11H2,1H3/b19-17-. The van der Waals surface area contributed by atoms with Crippen molar-refractivity contribution in [2.75, 3.05) is 19.8 Å². The number of amides is 1. The fourth-order valence-electron chi connectivity index (χ4n) is 3.29. The number of phenols is 1. The molecule has 1 amide bonds. The number of β-amino-alcohol motifs (C(OH)–C–C–N with tert-alkyl or cyclic N) is 1. The lowest BCUT2D eigenvalue weighted by Gasteiger charge is -2.24. The molecule has 7 heteroatoms. The highest BCUT2D eigenvalue weighted by Crippen LogP contribution is 2.40. The molecule has 0 saturated carbocycles. The van der Waals surface area contributed by atoms with E-state index < -0.39 is 17.7 Å². The first kappa shape index (κ1) is 19.4. The molecule has 0 bridgehead atoms. The summed E-state index contributed by atoms with van der Waals surface area (Å²) in [5, 5.41) is 30.0. The van der Waals surface area contributed by atoms with Crippen molar-refractivity contribution < 1.29 is 29.6 Å². The highest BCUT2D eigenvalue weighted by molar-refractivity contribution is 6.46. The third-order valence-electron chi connectivity index (χ3n) is 4.51. The summed E-state index contributed by atoms with van der Waals surface area (Å²) in [6.07, 6.45) is 0. The lowest BCUT2D eigenvalue weighted by Crippen LogP contribution is -2.32. The van der Waals surface area contributed by atoms with Gasteiger partial charge < -0.3 is 25.0 Å². The maximum atomic E-state index is 12.7. The van der Waals surface area contributed by atoms with Gasteiger partial charge >= 0.3 is 0 Å². The van der Waals surface area contributed by atoms with E-state index in [0.717, 1.165) is 0 Å². The fourth-order valence-corrected chi connectivity index (χ4v) is 3.29. The lowest BCUT2D eigenvalue weighted by molar-refractivity contribution is -0.140. The Bertz CT molecular complexity index is 919. The molecule has 0 spiro atoms. The molecule has 28 heavy (non-hydrogen) atoms. The Kier molecular flexibility index (Phi) is 5.65.